The Bertz CT molecular complexity index is 3270. The van der Waals surface area contributed by atoms with Gasteiger partial charge in [0.25, 0.3) is 17.7 Å². The van der Waals surface area contributed by atoms with Gasteiger partial charge in [-0.15, -0.1) is 11.3 Å². The van der Waals surface area contributed by atoms with Gasteiger partial charge in [-0.2, -0.15) is 10.2 Å². The molecule has 5 amide bonds. The van der Waals surface area contributed by atoms with Crippen molar-refractivity contribution in [3.05, 3.63) is 124 Å². The van der Waals surface area contributed by atoms with E-state index in [9.17, 15) is 37.9 Å². The number of piperidine rings is 1. The summed E-state index contributed by atoms with van der Waals surface area (Å²) < 4.78 is 30.9. The zero-order valence-corrected chi connectivity index (χ0v) is 45.8. The molecule has 19 nitrogen and oxygen atoms in total. The maximum Gasteiger partial charge on any atom is 0.289 e. The third-order valence-corrected chi connectivity index (χ3v) is 18.0. The Labute approximate surface area is 460 Å². The summed E-state index contributed by atoms with van der Waals surface area (Å²) in [6.07, 6.45) is 7.01. The van der Waals surface area contributed by atoms with Gasteiger partial charge in [0.1, 0.15) is 12.1 Å². The first kappa shape index (κ1) is 53.5. The molecule has 79 heavy (non-hydrogen) atoms. The second-order valence-electron chi connectivity index (χ2n) is 23.3. The summed E-state index contributed by atoms with van der Waals surface area (Å²) in [7, 11) is 0. The second-order valence-corrected chi connectivity index (χ2v) is 24.2. The number of thiazole rings is 1. The van der Waals surface area contributed by atoms with Gasteiger partial charge in [0.2, 0.25) is 23.5 Å². The van der Waals surface area contributed by atoms with Crippen LogP contribution in [0.25, 0.3) is 10.4 Å². The lowest BCUT2D eigenvalue weighted by Crippen LogP contribution is -2.58. The maximum absolute atomic E-state index is 14.6. The van der Waals surface area contributed by atoms with E-state index in [1.54, 1.807) is 53.2 Å². The molecular weight excluding hydrogens is 1030 g/mol. The standard InChI is InChI=1S/C57H65F2N13O6S/c1-31(33-12-14-35(15-13-33)47-32(2)62-30-79-47)64-50(74)43-20-40(73)29-71(43)54(78)48(55(3,4)5)66-52(76)49-60-24-39(25-61-49)69-18-16-36(17-19-69)53(77)70-26-37(27-70)46(34-10-8-7-9-11-34)72-28-38(23-63-72)65-51(75)45-41-21-44-56(6,57(44,58)59)22-42(41)67-68-45/h7-15,23-25,28,30-31,36-37,40,43-44,46,48,73H,16-22,26-27,29H2,1-6H3,(H,64,74)(H,65,75)(H,66,76)(H,67,68)/t31?,40-,43+,44+,46?,48?,56-/m1/s1. The lowest BCUT2D eigenvalue weighted by molar-refractivity contribution is -0.143. The topological polar surface area (TPSA) is 237 Å². The molecule has 2 aliphatic carbocycles. The molecule has 11 rings (SSSR count). The van der Waals surface area contributed by atoms with Crippen LogP contribution in [0.15, 0.2) is 84.9 Å². The van der Waals surface area contributed by atoms with Gasteiger partial charge in [-0.05, 0) is 55.2 Å². The van der Waals surface area contributed by atoms with Gasteiger partial charge in [0.05, 0.1) is 64.2 Å². The van der Waals surface area contributed by atoms with Crippen molar-refractivity contribution in [2.45, 2.75) is 110 Å². The Morgan fingerprint density at radius 3 is 2.28 bits per heavy atom. The minimum atomic E-state index is -2.77. The van der Waals surface area contributed by atoms with E-state index in [-0.39, 0.29) is 67.2 Å². The molecule has 5 N–H and O–H groups in total. The maximum atomic E-state index is 14.6. The van der Waals surface area contributed by atoms with Crippen molar-refractivity contribution in [3.63, 3.8) is 0 Å². The largest absolute Gasteiger partial charge is 0.391 e. The molecule has 4 aromatic heterocycles. The molecule has 5 aliphatic rings. The number of hydrogen-bond donors (Lipinski definition) is 5. The number of hydrogen-bond acceptors (Lipinski definition) is 13. The number of anilines is 2. The van der Waals surface area contributed by atoms with Gasteiger partial charge in [-0.3, -0.25) is 33.8 Å². The molecule has 0 bridgehead atoms. The van der Waals surface area contributed by atoms with Crippen LogP contribution in [-0.4, -0.2) is 136 Å². The Balaban J connectivity index is 0.667. The molecule has 22 heteroatoms. The summed E-state index contributed by atoms with van der Waals surface area (Å²) in [5, 5.41) is 31.2. The molecular formula is C57H65F2N13O6S. The number of amides is 5. The van der Waals surface area contributed by atoms with Gasteiger partial charge >= 0.3 is 0 Å². The number of likely N-dealkylation sites (tertiary alicyclic amines) is 2. The summed E-state index contributed by atoms with van der Waals surface area (Å²) in [4.78, 5) is 88.9. The molecule has 3 aliphatic heterocycles. The Hall–Kier alpha value is -7.46. The molecule has 7 heterocycles. The van der Waals surface area contributed by atoms with E-state index in [4.69, 9.17) is 0 Å². The number of carbonyl (C=O) groups excluding carboxylic acids is 5. The molecule has 414 valence electrons. The highest BCUT2D eigenvalue weighted by Crippen LogP contribution is 2.70. The second kappa shape index (κ2) is 20.6. The molecule has 3 unspecified atom stereocenters. The van der Waals surface area contributed by atoms with Gasteiger partial charge in [0.15, 0.2) is 5.69 Å². The first-order valence-electron chi connectivity index (χ1n) is 27.0. The number of aryl methyl sites for hydroxylation is 1. The zero-order valence-electron chi connectivity index (χ0n) is 45.0. The summed E-state index contributed by atoms with van der Waals surface area (Å²) in [5.74, 6) is -5.85. The Morgan fingerprint density at radius 2 is 1.61 bits per heavy atom. The lowest BCUT2D eigenvalue weighted by atomic mass is 9.85. The normalized spacial score (nSPS) is 22.9. The molecule has 2 aromatic carbocycles. The fourth-order valence-electron chi connectivity index (χ4n) is 12.2. The fourth-order valence-corrected chi connectivity index (χ4v) is 13.0. The van der Waals surface area contributed by atoms with E-state index in [1.165, 1.54) is 4.90 Å². The van der Waals surface area contributed by atoms with Crippen LogP contribution in [0.4, 0.5) is 20.2 Å². The van der Waals surface area contributed by atoms with Crippen LogP contribution >= 0.6 is 11.3 Å². The van der Waals surface area contributed by atoms with Crippen LogP contribution in [0.2, 0.25) is 0 Å². The number of aliphatic hydroxyl groups is 1. The predicted octanol–water partition coefficient (Wildman–Crippen LogP) is 6.40. The SMILES string of the molecule is Cc1ncsc1-c1ccc(C(C)NC(=O)[C@@H]2C[C@@H](O)CN2C(=O)C(NC(=O)c2ncc(N3CCC(C(=O)N4CC(C(c5ccccc5)n5cc(NC(=O)c6n[nH]c7c6C[C@@H]6C(F)(F)[C@]6(C)C7)cn5)C4)CC3)cn2)C(C)(C)C)cc1. The third-order valence-electron chi connectivity index (χ3n) is 17.0. The number of fused-ring (bicyclic) bond motifs is 2. The predicted molar refractivity (Wildman–Crippen MR) is 290 cm³/mol. The number of aliphatic hydroxyl groups excluding tert-OH is 1. The van der Waals surface area contributed by atoms with Gasteiger partial charge in [-0.1, -0.05) is 82.3 Å². The number of carbonyl (C=O) groups is 5. The number of alkyl halides is 2. The van der Waals surface area contributed by atoms with Crippen molar-refractivity contribution < 1.29 is 37.9 Å². The fraction of sp³-hybridized carbons (Fsp3) is 0.474. The first-order valence-corrected chi connectivity index (χ1v) is 27.9. The third kappa shape index (κ3) is 10.2. The number of benzene rings is 2. The van der Waals surface area contributed by atoms with Crippen molar-refractivity contribution in [1.82, 2.24) is 55.4 Å². The Morgan fingerprint density at radius 1 is 0.899 bits per heavy atom. The van der Waals surface area contributed by atoms with Crippen LogP contribution < -0.4 is 20.9 Å². The van der Waals surface area contributed by atoms with E-state index in [1.807, 2.05) is 94.1 Å². The summed E-state index contributed by atoms with van der Waals surface area (Å²) in [5.41, 5.74) is 6.12. The number of nitrogens with one attached hydrogen (secondary N) is 4. The van der Waals surface area contributed by atoms with Gasteiger partial charge in [-0.25, -0.2) is 23.7 Å². The van der Waals surface area contributed by atoms with E-state index in [0.29, 0.717) is 61.7 Å². The number of H-pyrrole nitrogens is 1. The number of nitrogens with zero attached hydrogens (tertiary/aromatic N) is 9. The van der Waals surface area contributed by atoms with Crippen LogP contribution in [0.1, 0.15) is 115 Å². The van der Waals surface area contributed by atoms with E-state index >= 15 is 0 Å². The van der Waals surface area contributed by atoms with Crippen molar-refractivity contribution in [3.8, 4) is 10.4 Å². The number of aromatic nitrogens is 7. The molecule has 3 saturated heterocycles. The van der Waals surface area contributed by atoms with Crippen LogP contribution in [-0.2, 0) is 27.2 Å². The number of rotatable bonds is 14. The Kier molecular flexibility index (Phi) is 14.0. The van der Waals surface area contributed by atoms with Gasteiger partial charge in [0, 0.05) is 86.2 Å². The highest BCUT2D eigenvalue weighted by Gasteiger charge is 2.78. The summed E-state index contributed by atoms with van der Waals surface area (Å²) >= 11 is 1.56. The molecule has 4 fully saturated rings. The minimum absolute atomic E-state index is 0.0349. The lowest BCUT2D eigenvalue weighted by Gasteiger charge is -2.45. The van der Waals surface area contributed by atoms with Crippen molar-refractivity contribution in [1.29, 1.82) is 0 Å². The van der Waals surface area contributed by atoms with Crippen LogP contribution in [0.5, 0.6) is 0 Å². The summed E-state index contributed by atoms with van der Waals surface area (Å²) in [6.45, 7) is 13.0. The van der Waals surface area contributed by atoms with Crippen molar-refractivity contribution in [2.75, 3.05) is 42.9 Å². The highest BCUT2D eigenvalue weighted by atomic mass is 32.1. The molecule has 0 radical (unpaired) electrons. The average molecular weight is 1100 g/mol. The molecule has 7 atom stereocenters. The smallest absolute Gasteiger partial charge is 0.289 e. The van der Waals surface area contributed by atoms with Crippen LogP contribution in [0.3, 0.4) is 0 Å². The number of β-amino-alcohol motifs (C(OH)–C–C–N with tert-alkyl or cyclic N) is 1. The molecule has 1 saturated carbocycles. The van der Waals surface area contributed by atoms with Crippen LogP contribution in [0, 0.1) is 35.5 Å². The zero-order chi connectivity index (χ0) is 55.7. The molecule has 0 spiro atoms. The van der Waals surface area contributed by atoms with E-state index < -0.39 is 64.5 Å². The minimum Gasteiger partial charge on any atom is -0.391 e. The quantitative estimate of drug-likeness (QED) is 0.0797. The summed E-state index contributed by atoms with van der Waals surface area (Å²) in [6, 6.07) is 15.1. The monoisotopic (exact) mass is 1100 g/mol. The average Bonchev–Trinajstić information content (AvgIpc) is 2.37. The van der Waals surface area contributed by atoms with E-state index in [2.05, 4.69) is 51.1 Å². The first-order chi connectivity index (χ1) is 37.7. The molecule has 6 aromatic rings. The van der Waals surface area contributed by atoms with E-state index in [0.717, 1.165) is 27.3 Å². The van der Waals surface area contributed by atoms with Crippen molar-refractivity contribution in [2.24, 2.45) is 28.6 Å². The van der Waals surface area contributed by atoms with Crippen molar-refractivity contribution >= 4 is 52.2 Å². The number of aromatic amines is 1. The highest BCUT2D eigenvalue weighted by molar-refractivity contribution is 7.13. The number of halogens is 2. The van der Waals surface area contributed by atoms with Gasteiger partial charge < -0.3 is 35.8 Å².